The Hall–Kier alpha value is -1.66. The van der Waals surface area contributed by atoms with Crippen LogP contribution in [0.1, 0.15) is 5.56 Å². The zero-order chi connectivity index (χ0) is 13.3. The van der Waals surface area contributed by atoms with Gasteiger partial charge in [-0.25, -0.2) is 8.42 Å². The first kappa shape index (κ1) is 12.8. The number of sulfonamides is 1. The van der Waals surface area contributed by atoms with Crippen LogP contribution in [0.25, 0.3) is 4.91 Å². The molecule has 1 aromatic rings. The van der Waals surface area contributed by atoms with Gasteiger partial charge in [0.2, 0.25) is 10.0 Å². The molecule has 2 rings (SSSR count). The van der Waals surface area contributed by atoms with Crippen molar-refractivity contribution in [2.24, 2.45) is 5.92 Å². The zero-order valence-corrected chi connectivity index (χ0v) is 10.4. The van der Waals surface area contributed by atoms with E-state index in [-0.39, 0.29) is 18.0 Å². The van der Waals surface area contributed by atoms with Gasteiger partial charge in [0.15, 0.2) is 0 Å². The Balaban J connectivity index is 2.14. The van der Waals surface area contributed by atoms with Gasteiger partial charge in [0.25, 0.3) is 0 Å². The van der Waals surface area contributed by atoms with Crippen LogP contribution < -0.4 is 0 Å². The molecule has 0 bridgehead atoms. The summed E-state index contributed by atoms with van der Waals surface area (Å²) in [5.41, 5.74) is 0.524. The van der Waals surface area contributed by atoms with Crippen LogP contribution in [-0.4, -0.2) is 36.9 Å². The highest BCUT2D eigenvalue weighted by atomic mass is 32.2. The lowest BCUT2D eigenvalue weighted by atomic mass is 10.0. The third-order valence-electron chi connectivity index (χ3n) is 2.94. The van der Waals surface area contributed by atoms with Crippen molar-refractivity contribution in [3.8, 4) is 0 Å². The lowest BCUT2D eigenvalue weighted by Gasteiger charge is -2.35. The van der Waals surface area contributed by atoms with E-state index in [1.54, 1.807) is 30.3 Å². The molecule has 1 aliphatic rings. The summed E-state index contributed by atoms with van der Waals surface area (Å²) < 4.78 is 25.4. The highest BCUT2D eigenvalue weighted by molar-refractivity contribution is 7.98. The molecule has 0 unspecified atom stereocenters. The van der Waals surface area contributed by atoms with Gasteiger partial charge >= 0.3 is 5.97 Å². The summed E-state index contributed by atoms with van der Waals surface area (Å²) >= 11 is 0. The minimum atomic E-state index is -3.65. The molecule has 96 valence electrons. The lowest BCUT2D eigenvalue weighted by molar-refractivity contribution is -0.145. The van der Waals surface area contributed by atoms with Crippen LogP contribution in [0.15, 0.2) is 36.9 Å². The van der Waals surface area contributed by atoms with Crippen LogP contribution in [0, 0.1) is 5.92 Å². The van der Waals surface area contributed by atoms with E-state index in [1.165, 1.54) is 0 Å². The van der Waals surface area contributed by atoms with E-state index in [0.29, 0.717) is 5.56 Å². The van der Waals surface area contributed by atoms with Gasteiger partial charge in [-0.3, -0.25) is 4.79 Å². The Morgan fingerprint density at radius 2 is 1.83 bits per heavy atom. The molecule has 1 aromatic carbocycles. The maximum atomic E-state index is 12.1. The number of hydrogen-bond donors (Lipinski definition) is 1. The van der Waals surface area contributed by atoms with Crippen molar-refractivity contribution in [1.29, 1.82) is 0 Å². The third-order valence-corrected chi connectivity index (χ3v) is 4.78. The summed E-state index contributed by atoms with van der Waals surface area (Å²) in [6.45, 7) is 3.63. The third kappa shape index (κ3) is 2.16. The Bertz CT molecular complexity index is 573. The number of rotatable bonds is 4. The number of hydrogen-bond acceptors (Lipinski definition) is 3. The fourth-order valence-electron chi connectivity index (χ4n) is 1.72. The molecule has 0 aliphatic carbocycles. The zero-order valence-electron chi connectivity index (χ0n) is 9.61. The topological polar surface area (TPSA) is 74.7 Å². The van der Waals surface area contributed by atoms with Crippen LogP contribution in [0.3, 0.4) is 0 Å². The molecule has 0 amide bonds. The van der Waals surface area contributed by atoms with E-state index >= 15 is 0 Å². The minimum Gasteiger partial charge on any atom is -0.481 e. The van der Waals surface area contributed by atoms with Crippen LogP contribution in [0.4, 0.5) is 0 Å². The average molecular weight is 267 g/mol. The molecule has 0 radical (unpaired) electrons. The normalized spacial score (nSPS) is 17.1. The van der Waals surface area contributed by atoms with E-state index in [9.17, 15) is 13.2 Å². The number of carbonyl (C=O) groups is 1. The SMILES string of the molecule is C=C(c1ccccc1)S(=O)(=O)N1CC(C(=O)O)C1. The Labute approximate surface area is 105 Å². The van der Waals surface area contributed by atoms with E-state index in [1.807, 2.05) is 0 Å². The van der Waals surface area contributed by atoms with Crippen molar-refractivity contribution >= 4 is 20.9 Å². The van der Waals surface area contributed by atoms with Crippen LogP contribution in [-0.2, 0) is 14.8 Å². The fraction of sp³-hybridized carbons (Fsp3) is 0.250. The molecule has 0 saturated carbocycles. The molecule has 5 nitrogen and oxygen atoms in total. The number of nitrogens with zero attached hydrogens (tertiary/aromatic N) is 1. The summed E-state index contributed by atoms with van der Waals surface area (Å²) in [6, 6.07) is 8.56. The summed E-state index contributed by atoms with van der Waals surface area (Å²) in [7, 11) is -3.65. The minimum absolute atomic E-state index is 0.00642. The average Bonchev–Trinajstić information content (AvgIpc) is 2.26. The maximum absolute atomic E-state index is 12.1. The molecular weight excluding hydrogens is 254 g/mol. The quantitative estimate of drug-likeness (QED) is 0.883. The highest BCUT2D eigenvalue weighted by Gasteiger charge is 2.41. The molecule has 1 fully saturated rings. The van der Waals surface area contributed by atoms with Crippen molar-refractivity contribution in [3.05, 3.63) is 42.5 Å². The van der Waals surface area contributed by atoms with Gasteiger partial charge in [-0.1, -0.05) is 36.9 Å². The van der Waals surface area contributed by atoms with Gasteiger partial charge in [0.05, 0.1) is 10.8 Å². The molecule has 0 spiro atoms. The summed E-state index contributed by atoms with van der Waals surface area (Å²) in [6.07, 6.45) is 0. The van der Waals surface area contributed by atoms with Crippen LogP contribution in [0.2, 0.25) is 0 Å². The van der Waals surface area contributed by atoms with Crippen molar-refractivity contribution in [2.75, 3.05) is 13.1 Å². The van der Waals surface area contributed by atoms with Crippen molar-refractivity contribution < 1.29 is 18.3 Å². The van der Waals surface area contributed by atoms with Crippen molar-refractivity contribution in [2.45, 2.75) is 0 Å². The van der Waals surface area contributed by atoms with Crippen LogP contribution >= 0.6 is 0 Å². The molecule has 6 heteroatoms. The monoisotopic (exact) mass is 267 g/mol. The fourth-order valence-corrected chi connectivity index (χ4v) is 3.22. The largest absolute Gasteiger partial charge is 0.481 e. The first-order chi connectivity index (χ1) is 8.43. The second-order valence-electron chi connectivity index (χ2n) is 4.15. The van der Waals surface area contributed by atoms with Gasteiger partial charge in [-0.05, 0) is 5.56 Å². The van der Waals surface area contributed by atoms with Gasteiger partial charge in [-0.15, -0.1) is 0 Å². The molecular formula is C12H13NO4S. The van der Waals surface area contributed by atoms with E-state index in [0.717, 1.165) is 4.31 Å². The van der Waals surface area contributed by atoms with E-state index < -0.39 is 21.9 Å². The number of aliphatic carboxylic acids is 1. The number of carboxylic acid groups (broad SMARTS) is 1. The highest BCUT2D eigenvalue weighted by Crippen LogP contribution is 2.28. The molecule has 0 aromatic heterocycles. The molecule has 1 aliphatic heterocycles. The van der Waals surface area contributed by atoms with Crippen molar-refractivity contribution in [3.63, 3.8) is 0 Å². The lowest BCUT2D eigenvalue weighted by Crippen LogP contribution is -2.52. The first-order valence-corrected chi connectivity index (χ1v) is 6.84. The smallest absolute Gasteiger partial charge is 0.309 e. The second-order valence-corrected chi connectivity index (χ2v) is 6.11. The van der Waals surface area contributed by atoms with Gasteiger partial charge in [0.1, 0.15) is 0 Å². The van der Waals surface area contributed by atoms with E-state index in [2.05, 4.69) is 6.58 Å². The van der Waals surface area contributed by atoms with Gasteiger partial charge in [-0.2, -0.15) is 4.31 Å². The van der Waals surface area contributed by atoms with Crippen molar-refractivity contribution in [1.82, 2.24) is 4.31 Å². The summed E-state index contributed by atoms with van der Waals surface area (Å²) in [5.74, 6) is -1.57. The predicted molar refractivity (Wildman–Crippen MR) is 67.1 cm³/mol. The predicted octanol–water partition coefficient (Wildman–Crippen LogP) is 1.00. The maximum Gasteiger partial charge on any atom is 0.309 e. The number of carboxylic acids is 1. The number of benzene rings is 1. The van der Waals surface area contributed by atoms with Crippen LogP contribution in [0.5, 0.6) is 0 Å². The van der Waals surface area contributed by atoms with E-state index in [4.69, 9.17) is 5.11 Å². The molecule has 1 heterocycles. The molecule has 1 N–H and O–H groups in total. The Morgan fingerprint density at radius 3 is 2.33 bits per heavy atom. The second kappa shape index (κ2) is 4.55. The standard InChI is InChI=1S/C12H13NO4S/c1-9(10-5-3-2-4-6-10)18(16,17)13-7-11(8-13)12(14)15/h2-6,11H,1,7-8H2,(H,14,15). The van der Waals surface area contributed by atoms with Gasteiger partial charge < -0.3 is 5.11 Å². The molecule has 0 atom stereocenters. The molecule has 18 heavy (non-hydrogen) atoms. The molecule has 1 saturated heterocycles. The van der Waals surface area contributed by atoms with Gasteiger partial charge in [0, 0.05) is 13.1 Å². The Kier molecular flexibility index (Phi) is 3.23. The Morgan fingerprint density at radius 1 is 1.28 bits per heavy atom. The first-order valence-electron chi connectivity index (χ1n) is 5.40. The summed E-state index contributed by atoms with van der Waals surface area (Å²) in [4.78, 5) is 10.7. The summed E-state index contributed by atoms with van der Waals surface area (Å²) in [5, 5.41) is 8.73.